The summed E-state index contributed by atoms with van der Waals surface area (Å²) in [4.78, 5) is 19.6. The van der Waals surface area contributed by atoms with Crippen LogP contribution in [0.3, 0.4) is 0 Å². The molecule has 1 aliphatic heterocycles. The third-order valence-electron chi connectivity index (χ3n) is 6.82. The minimum Gasteiger partial charge on any atom is -0.341 e. The van der Waals surface area contributed by atoms with E-state index in [0.29, 0.717) is 37.6 Å². The van der Waals surface area contributed by atoms with Crippen LogP contribution in [-0.2, 0) is 20.2 Å². The molecule has 1 aromatic heterocycles. The Morgan fingerprint density at radius 2 is 2.07 bits per heavy atom. The van der Waals surface area contributed by atoms with Crippen molar-refractivity contribution in [3.05, 3.63) is 11.7 Å². The van der Waals surface area contributed by atoms with Gasteiger partial charge in [-0.1, -0.05) is 24.4 Å². The molecule has 0 aromatic carbocycles. The lowest BCUT2D eigenvalue weighted by Gasteiger charge is -2.29. The van der Waals surface area contributed by atoms with Gasteiger partial charge in [-0.05, 0) is 45.4 Å². The monoisotopic (exact) mass is 410 g/mol. The van der Waals surface area contributed by atoms with Crippen molar-refractivity contribution in [2.45, 2.75) is 70.3 Å². The first-order valence-electron chi connectivity index (χ1n) is 10.4. The Balaban J connectivity index is 1.56. The predicted molar refractivity (Wildman–Crippen MR) is 103 cm³/mol. The molecule has 2 heterocycles. The number of aryl methyl sites for hydroxylation is 1. The van der Waals surface area contributed by atoms with Gasteiger partial charge in [0.2, 0.25) is 21.8 Å². The summed E-state index contributed by atoms with van der Waals surface area (Å²) in [6.45, 7) is 4.60. The summed E-state index contributed by atoms with van der Waals surface area (Å²) >= 11 is 0. The van der Waals surface area contributed by atoms with E-state index >= 15 is 0 Å². The Morgan fingerprint density at radius 1 is 1.32 bits per heavy atom. The van der Waals surface area contributed by atoms with Gasteiger partial charge in [-0.25, -0.2) is 13.1 Å². The number of fused-ring (bicyclic) bond motifs is 1. The summed E-state index contributed by atoms with van der Waals surface area (Å²) in [6, 6.07) is -0.158. The molecule has 28 heavy (non-hydrogen) atoms. The summed E-state index contributed by atoms with van der Waals surface area (Å²) < 4.78 is 32.5. The van der Waals surface area contributed by atoms with Crippen molar-refractivity contribution in [2.75, 3.05) is 18.8 Å². The Hall–Kier alpha value is -1.48. The molecule has 1 saturated heterocycles. The first-order valence-corrected chi connectivity index (χ1v) is 12.1. The average Bonchev–Trinajstić information content (AvgIpc) is 3.34. The summed E-state index contributed by atoms with van der Waals surface area (Å²) in [7, 11) is -3.28. The molecule has 156 valence electrons. The number of sulfonamides is 1. The van der Waals surface area contributed by atoms with E-state index in [-0.39, 0.29) is 29.5 Å². The van der Waals surface area contributed by atoms with Crippen molar-refractivity contribution >= 4 is 15.9 Å². The van der Waals surface area contributed by atoms with E-state index in [1.165, 1.54) is 6.42 Å². The number of nitrogens with one attached hydrogen (secondary N) is 1. The van der Waals surface area contributed by atoms with Crippen molar-refractivity contribution in [3.63, 3.8) is 0 Å². The van der Waals surface area contributed by atoms with Crippen molar-refractivity contribution in [1.82, 2.24) is 19.8 Å². The van der Waals surface area contributed by atoms with Crippen LogP contribution in [0, 0.1) is 18.8 Å². The van der Waals surface area contributed by atoms with Crippen LogP contribution in [0.4, 0.5) is 0 Å². The molecule has 3 fully saturated rings. The zero-order valence-electron chi connectivity index (χ0n) is 16.7. The fourth-order valence-corrected chi connectivity index (χ4v) is 6.26. The summed E-state index contributed by atoms with van der Waals surface area (Å²) in [5.74, 6) is 1.68. The first-order chi connectivity index (χ1) is 13.3. The molecule has 1 N–H and O–H groups in total. The Bertz CT molecular complexity index is 833. The molecule has 1 amide bonds. The van der Waals surface area contributed by atoms with E-state index in [1.54, 1.807) is 13.8 Å². The molecule has 8 nitrogen and oxygen atoms in total. The van der Waals surface area contributed by atoms with Crippen molar-refractivity contribution < 1.29 is 17.7 Å². The smallest absolute Gasteiger partial charge is 0.235 e. The van der Waals surface area contributed by atoms with Crippen molar-refractivity contribution in [1.29, 1.82) is 0 Å². The first kappa shape index (κ1) is 19.8. The van der Waals surface area contributed by atoms with Crippen LogP contribution in [0.25, 0.3) is 0 Å². The molecule has 4 rings (SSSR count). The van der Waals surface area contributed by atoms with Gasteiger partial charge in [0, 0.05) is 25.0 Å². The normalized spacial score (nSPS) is 31.3. The highest BCUT2D eigenvalue weighted by atomic mass is 32.2. The Labute approximate surface area is 166 Å². The van der Waals surface area contributed by atoms with Crippen LogP contribution in [0.1, 0.15) is 63.6 Å². The summed E-state index contributed by atoms with van der Waals surface area (Å²) in [5, 5.41) is 3.96. The second-order valence-electron chi connectivity index (χ2n) is 8.71. The molecule has 0 spiro atoms. The van der Waals surface area contributed by atoms with E-state index in [1.807, 2.05) is 4.90 Å². The number of nitrogens with zero attached hydrogens (tertiary/aromatic N) is 3. The van der Waals surface area contributed by atoms with Gasteiger partial charge in [0.1, 0.15) is 0 Å². The van der Waals surface area contributed by atoms with Crippen molar-refractivity contribution in [3.8, 4) is 0 Å². The van der Waals surface area contributed by atoms with Crippen LogP contribution in [0.5, 0.6) is 0 Å². The maximum Gasteiger partial charge on any atom is 0.235 e. The number of aromatic nitrogens is 2. The lowest BCUT2D eigenvalue weighted by molar-refractivity contribution is -0.135. The van der Waals surface area contributed by atoms with Gasteiger partial charge in [0.25, 0.3) is 0 Å². The quantitative estimate of drug-likeness (QED) is 0.793. The highest BCUT2D eigenvalue weighted by molar-refractivity contribution is 7.89. The maximum atomic E-state index is 13.1. The third kappa shape index (κ3) is 3.58. The second kappa shape index (κ2) is 7.40. The largest absolute Gasteiger partial charge is 0.341 e. The zero-order valence-corrected chi connectivity index (χ0v) is 17.5. The lowest BCUT2D eigenvalue weighted by Crippen LogP contribution is -2.41. The highest BCUT2D eigenvalue weighted by Gasteiger charge is 2.58. The number of likely N-dealkylation sites (tertiary alicyclic amines) is 1. The van der Waals surface area contributed by atoms with E-state index in [2.05, 4.69) is 14.9 Å². The molecule has 0 bridgehead atoms. The molecule has 3 unspecified atom stereocenters. The molecule has 3 aliphatic rings. The Kier molecular flexibility index (Phi) is 5.24. The standard InChI is InChI=1S/C19H30N4O4S/c1-3-28(25,26)22-16-9-15-11-23(17(24)14-7-5-4-6-8-14)12-19(15,10-16)18-20-13(2)21-27-18/h14-16,22H,3-12H2,1-2H3. The molecule has 2 saturated carbocycles. The summed E-state index contributed by atoms with van der Waals surface area (Å²) in [5.41, 5.74) is -0.452. The fourth-order valence-electron chi connectivity index (χ4n) is 5.40. The molecule has 2 aliphatic carbocycles. The van der Waals surface area contributed by atoms with Gasteiger partial charge in [-0.3, -0.25) is 4.79 Å². The van der Waals surface area contributed by atoms with Crippen LogP contribution >= 0.6 is 0 Å². The highest BCUT2D eigenvalue weighted by Crippen LogP contribution is 2.50. The van der Waals surface area contributed by atoms with E-state index in [4.69, 9.17) is 4.52 Å². The number of hydrogen-bond acceptors (Lipinski definition) is 6. The van der Waals surface area contributed by atoms with Gasteiger partial charge in [0.05, 0.1) is 11.2 Å². The molecule has 9 heteroatoms. The molecule has 3 atom stereocenters. The van der Waals surface area contributed by atoms with Crippen LogP contribution in [0.2, 0.25) is 0 Å². The van der Waals surface area contributed by atoms with Crippen LogP contribution < -0.4 is 4.72 Å². The van der Waals surface area contributed by atoms with Gasteiger partial charge in [-0.2, -0.15) is 4.98 Å². The number of carbonyl (C=O) groups is 1. The lowest BCUT2D eigenvalue weighted by atomic mass is 9.80. The maximum absolute atomic E-state index is 13.1. The summed E-state index contributed by atoms with van der Waals surface area (Å²) in [6.07, 6.45) is 6.71. The van der Waals surface area contributed by atoms with Gasteiger partial charge in [0.15, 0.2) is 5.82 Å². The number of amides is 1. The van der Waals surface area contributed by atoms with E-state index in [9.17, 15) is 13.2 Å². The SMILES string of the molecule is CCS(=O)(=O)NC1CC2CN(C(=O)C3CCCCC3)CC2(c2nc(C)no2)C1. The third-order valence-corrected chi connectivity index (χ3v) is 8.27. The molecular weight excluding hydrogens is 380 g/mol. The van der Waals surface area contributed by atoms with Gasteiger partial charge in [-0.15, -0.1) is 0 Å². The van der Waals surface area contributed by atoms with Crippen molar-refractivity contribution in [2.24, 2.45) is 11.8 Å². The van der Waals surface area contributed by atoms with E-state index in [0.717, 1.165) is 25.7 Å². The average molecular weight is 411 g/mol. The molecule has 0 radical (unpaired) electrons. The number of rotatable bonds is 5. The second-order valence-corrected chi connectivity index (χ2v) is 10.8. The number of hydrogen-bond donors (Lipinski definition) is 1. The minimum atomic E-state index is -3.28. The zero-order chi connectivity index (χ0) is 19.9. The number of carbonyl (C=O) groups excluding carboxylic acids is 1. The van der Waals surface area contributed by atoms with Crippen LogP contribution in [-0.4, -0.2) is 54.2 Å². The molecular formula is C19H30N4O4S. The van der Waals surface area contributed by atoms with Gasteiger partial charge < -0.3 is 9.42 Å². The van der Waals surface area contributed by atoms with Crippen LogP contribution in [0.15, 0.2) is 4.52 Å². The van der Waals surface area contributed by atoms with E-state index < -0.39 is 15.4 Å². The minimum absolute atomic E-state index is 0.0626. The topological polar surface area (TPSA) is 105 Å². The Morgan fingerprint density at radius 3 is 2.71 bits per heavy atom. The predicted octanol–water partition coefficient (Wildman–Crippen LogP) is 1.76. The molecule has 1 aromatic rings. The van der Waals surface area contributed by atoms with Gasteiger partial charge >= 0.3 is 0 Å². The fraction of sp³-hybridized carbons (Fsp3) is 0.842.